The van der Waals surface area contributed by atoms with Gasteiger partial charge in [0.15, 0.2) is 22.8 Å². The van der Waals surface area contributed by atoms with Crippen LogP contribution in [0, 0.1) is 46.8 Å². The summed E-state index contributed by atoms with van der Waals surface area (Å²) in [5.74, 6) is 2.67. The number of rotatable bonds is 47. The number of imidazole rings is 1. The molecule has 3 rings (SSSR count). The molecule has 28 heteroatoms. The van der Waals surface area contributed by atoms with Crippen molar-refractivity contribution in [1.82, 2.24) is 30.2 Å². The zero-order valence-corrected chi connectivity index (χ0v) is 56.5. The molecule has 0 radical (unpaired) electrons. The molecule has 0 aromatic carbocycles. The van der Waals surface area contributed by atoms with E-state index in [0.29, 0.717) is 29.4 Å². The summed E-state index contributed by atoms with van der Waals surface area (Å²) in [6.07, 6.45) is 21.0. The smallest absolute Gasteiger partial charge is 0.386 e. The lowest BCUT2D eigenvalue weighted by molar-refractivity contribution is -0.137. The van der Waals surface area contributed by atoms with Crippen LogP contribution in [0.4, 0.5) is 5.82 Å². The van der Waals surface area contributed by atoms with E-state index >= 15 is 0 Å². The van der Waals surface area contributed by atoms with E-state index < -0.39 is 84.6 Å². The van der Waals surface area contributed by atoms with Crippen LogP contribution >= 0.6 is 35.2 Å². The van der Waals surface area contributed by atoms with Gasteiger partial charge in [-0.3, -0.25) is 32.5 Å². The van der Waals surface area contributed by atoms with Crippen LogP contribution in [0.1, 0.15) is 217 Å². The van der Waals surface area contributed by atoms with Crippen molar-refractivity contribution in [2.75, 3.05) is 37.8 Å². The number of unbranched alkanes of at least 4 members (excludes halogenated alkanes) is 13. The molecule has 1 aliphatic rings. The number of hydrogen-bond donors (Lipinski definition) is 9. The van der Waals surface area contributed by atoms with Crippen LogP contribution in [-0.4, -0.2) is 123 Å². The molecule has 24 nitrogen and oxygen atoms in total. The summed E-state index contributed by atoms with van der Waals surface area (Å²) in [6.45, 7) is 19.1. The van der Waals surface area contributed by atoms with Gasteiger partial charge in [-0.25, -0.2) is 28.6 Å². The molecule has 86 heavy (non-hydrogen) atoms. The van der Waals surface area contributed by atoms with E-state index in [1.54, 1.807) is 0 Å². The Morgan fingerprint density at radius 1 is 0.721 bits per heavy atom. The fourth-order valence-electron chi connectivity index (χ4n) is 11.8. The van der Waals surface area contributed by atoms with Gasteiger partial charge in [0.1, 0.15) is 36.3 Å². The second-order valence-electron chi connectivity index (χ2n) is 25.6. The number of ether oxygens (including phenoxy) is 1. The highest BCUT2D eigenvalue weighted by molar-refractivity contribution is 8.13. The number of aliphatic hydroxyl groups excluding tert-OH is 2. The molecule has 498 valence electrons. The normalized spacial score (nSPS) is 21.0. The van der Waals surface area contributed by atoms with E-state index in [0.717, 1.165) is 41.9 Å². The SMILES string of the molecule is CCCCCCCCCCCCCCCC[C@H](C)C[C@H](C)C[C@H](C)C[C@H](C)C[C@H](C)C[C@H](C)C[C@H](C)C(=O)SCCNC(=O)CCNC(=O)[C@H](O)C(C)(C)COP(=O)(O)OP(=O)(O)OC[C@H]1O[C@@H](n2cnc3c(N)ncnc32)[C@H](O)[C@@H]1OP(=O)(O)O. The highest BCUT2D eigenvalue weighted by Gasteiger charge is 2.50. The second-order valence-corrected chi connectivity index (χ2v) is 30.9. The molecular formula is C58H108N7O17P3S. The maximum absolute atomic E-state index is 13.0. The summed E-state index contributed by atoms with van der Waals surface area (Å²) in [5, 5.41) is 26.9. The van der Waals surface area contributed by atoms with Crippen molar-refractivity contribution in [2.45, 2.75) is 241 Å². The third-order valence-corrected chi connectivity index (χ3v) is 20.2. The van der Waals surface area contributed by atoms with E-state index in [-0.39, 0.29) is 47.5 Å². The Balaban J connectivity index is 1.26. The lowest BCUT2D eigenvalue weighted by Gasteiger charge is -2.30. The number of amides is 2. The fourth-order valence-corrected chi connectivity index (χ4v) is 15.5. The number of aliphatic hydroxyl groups is 2. The first kappa shape index (κ1) is 77.8. The Hall–Kier alpha value is -2.44. The average molecular weight is 1300 g/mol. The molecule has 2 aromatic rings. The van der Waals surface area contributed by atoms with Crippen molar-refractivity contribution in [3.63, 3.8) is 0 Å². The Morgan fingerprint density at radius 2 is 1.23 bits per heavy atom. The maximum Gasteiger partial charge on any atom is 0.481 e. The summed E-state index contributed by atoms with van der Waals surface area (Å²) in [6, 6.07) is 0. The van der Waals surface area contributed by atoms with Crippen molar-refractivity contribution in [2.24, 2.45) is 46.8 Å². The summed E-state index contributed by atoms with van der Waals surface area (Å²) in [4.78, 5) is 89.9. The molecule has 2 aromatic heterocycles. The van der Waals surface area contributed by atoms with Gasteiger partial charge in [0.25, 0.3) is 0 Å². The predicted molar refractivity (Wildman–Crippen MR) is 334 cm³/mol. The Labute approximate surface area is 516 Å². The molecule has 1 fully saturated rings. The average Bonchev–Trinajstić information content (AvgIpc) is 1.82. The quantitative estimate of drug-likeness (QED) is 0.0219. The highest BCUT2D eigenvalue weighted by atomic mass is 32.2. The van der Waals surface area contributed by atoms with Crippen LogP contribution in [0.25, 0.3) is 11.2 Å². The van der Waals surface area contributed by atoms with Gasteiger partial charge in [0.2, 0.25) is 11.8 Å². The predicted octanol–water partition coefficient (Wildman–Crippen LogP) is 11.3. The monoisotopic (exact) mass is 1300 g/mol. The minimum Gasteiger partial charge on any atom is -0.386 e. The zero-order chi connectivity index (χ0) is 64.3. The van der Waals surface area contributed by atoms with Crippen molar-refractivity contribution in [3.05, 3.63) is 12.7 Å². The Morgan fingerprint density at radius 3 is 1.78 bits per heavy atom. The molecule has 1 aliphatic heterocycles. The number of thioether (sulfide) groups is 1. The van der Waals surface area contributed by atoms with Crippen LogP contribution in [0.5, 0.6) is 0 Å². The Bertz CT molecular complexity index is 2460. The molecule has 0 spiro atoms. The van der Waals surface area contributed by atoms with Gasteiger partial charge in [-0.2, -0.15) is 4.31 Å². The summed E-state index contributed by atoms with van der Waals surface area (Å²) in [5.41, 5.74) is 4.30. The molecule has 14 atom stereocenters. The van der Waals surface area contributed by atoms with Gasteiger partial charge in [-0.15, -0.1) is 0 Å². The topological polar surface area (TPSA) is 364 Å². The van der Waals surface area contributed by atoms with Crippen molar-refractivity contribution in [1.29, 1.82) is 0 Å². The molecular weight excluding hydrogens is 1190 g/mol. The summed E-state index contributed by atoms with van der Waals surface area (Å²) in [7, 11) is -16.5. The number of fused-ring (bicyclic) bond motifs is 1. The number of phosphoric acid groups is 3. The van der Waals surface area contributed by atoms with Crippen LogP contribution < -0.4 is 16.4 Å². The third-order valence-electron chi connectivity index (χ3n) is 16.0. The largest absolute Gasteiger partial charge is 0.481 e. The number of anilines is 1. The standard InChI is InChI=1S/C58H108N7O17P3S/c1-11-12-13-14-15-16-17-18-19-20-21-22-23-24-25-40(2)30-41(3)31-42(4)32-43(5)33-44(6)34-45(7)35-46(8)57(70)86-29-28-60-48(66)26-27-61-55(69)52(68)58(9,10)37-79-85(76,77)82-84(74,75)78-36-47-51(81-83(71,72)73)50(67)56(80-47)65-39-64-49-53(59)62-38-63-54(49)65/h38-47,50-52,56,67-68H,11-37H2,1-10H3,(H,60,66)(H,61,69)(H,74,75)(H,76,77)(H2,59,62,63)(H2,71,72,73)/t40-,41-,42-,43-,44-,45-,46-,47+,50+,51+,52-,56+/m0/s1. The van der Waals surface area contributed by atoms with Crippen LogP contribution in [0.2, 0.25) is 0 Å². The minimum absolute atomic E-state index is 0.0339. The highest BCUT2D eigenvalue weighted by Crippen LogP contribution is 2.61. The summed E-state index contributed by atoms with van der Waals surface area (Å²) < 4.78 is 62.9. The number of carbonyl (C=O) groups excluding carboxylic acids is 3. The van der Waals surface area contributed by atoms with E-state index in [4.69, 9.17) is 19.5 Å². The molecule has 2 amide bonds. The number of phosphoric ester groups is 3. The fraction of sp³-hybridized carbons (Fsp3) is 0.862. The van der Waals surface area contributed by atoms with Crippen LogP contribution in [-0.2, 0) is 50.7 Å². The molecule has 3 heterocycles. The molecule has 10 N–H and O–H groups in total. The van der Waals surface area contributed by atoms with Gasteiger partial charge in [-0.05, 0) is 74.0 Å². The van der Waals surface area contributed by atoms with E-state index in [1.807, 2.05) is 6.92 Å². The molecule has 2 unspecified atom stereocenters. The van der Waals surface area contributed by atoms with E-state index in [1.165, 1.54) is 148 Å². The lowest BCUT2D eigenvalue weighted by Crippen LogP contribution is -2.46. The van der Waals surface area contributed by atoms with Crippen molar-refractivity contribution >= 4 is 69.1 Å². The van der Waals surface area contributed by atoms with Gasteiger partial charge in [0, 0.05) is 36.6 Å². The number of hydrogen-bond acceptors (Lipinski definition) is 18. The van der Waals surface area contributed by atoms with Crippen LogP contribution in [0.15, 0.2) is 12.7 Å². The molecule has 0 bridgehead atoms. The number of aromatic nitrogens is 4. The number of nitrogens with two attached hydrogens (primary N) is 1. The van der Waals surface area contributed by atoms with Gasteiger partial charge in [0.05, 0.1) is 19.5 Å². The number of nitrogen functional groups attached to an aromatic ring is 1. The van der Waals surface area contributed by atoms with Gasteiger partial charge < -0.3 is 50.9 Å². The first-order valence-corrected chi connectivity index (χ1v) is 36.9. The first-order chi connectivity index (χ1) is 40.3. The maximum atomic E-state index is 13.0. The van der Waals surface area contributed by atoms with E-state index in [2.05, 4.69) is 82.9 Å². The van der Waals surface area contributed by atoms with Crippen molar-refractivity contribution < 1.29 is 80.5 Å². The second kappa shape index (κ2) is 39.1. The first-order valence-electron chi connectivity index (χ1n) is 31.4. The number of nitrogens with zero attached hydrogens (tertiary/aromatic N) is 4. The molecule has 1 saturated heterocycles. The van der Waals surface area contributed by atoms with Crippen molar-refractivity contribution in [3.8, 4) is 0 Å². The summed E-state index contributed by atoms with van der Waals surface area (Å²) >= 11 is 1.18. The lowest BCUT2D eigenvalue weighted by atomic mass is 9.81. The zero-order valence-electron chi connectivity index (χ0n) is 53.0. The third kappa shape index (κ3) is 30.6. The van der Waals surface area contributed by atoms with E-state index in [9.17, 15) is 57.9 Å². The number of carbonyl (C=O) groups is 3. The minimum atomic E-state index is -5.59. The Kier molecular flexibility index (Phi) is 35.3. The van der Waals surface area contributed by atoms with Crippen LogP contribution in [0.3, 0.4) is 0 Å². The van der Waals surface area contributed by atoms with Gasteiger partial charge >= 0.3 is 23.5 Å². The molecule has 0 saturated carbocycles. The number of nitrogens with one attached hydrogen (secondary N) is 2. The molecule has 0 aliphatic carbocycles. The van der Waals surface area contributed by atoms with Gasteiger partial charge in [-0.1, -0.05) is 177 Å².